The molecule has 0 radical (unpaired) electrons. The molecule has 1 saturated carbocycles. The Morgan fingerprint density at radius 2 is 2.21 bits per heavy atom. The van der Waals surface area contributed by atoms with Gasteiger partial charge in [-0.05, 0) is 38.6 Å². The van der Waals surface area contributed by atoms with Crippen molar-refractivity contribution >= 4 is 12.4 Å². The van der Waals surface area contributed by atoms with Gasteiger partial charge in [-0.15, -0.1) is 5.10 Å². The molecule has 1 heterocycles. The van der Waals surface area contributed by atoms with Crippen molar-refractivity contribution in [3.8, 4) is 0 Å². The molecule has 0 unspecified atom stereocenters. The molecule has 0 bridgehead atoms. The first-order valence-corrected chi connectivity index (χ1v) is 8.21. The Balaban J connectivity index is 1.98. The zero-order valence-electron chi connectivity index (χ0n) is 13.8. The Hall–Kier alpha value is -2.56. The lowest BCUT2D eigenvalue weighted by molar-refractivity contribution is 0.383. The van der Waals surface area contributed by atoms with Gasteiger partial charge >= 0.3 is 0 Å². The average Bonchev–Trinajstić information content (AvgIpc) is 2.92. The van der Waals surface area contributed by atoms with Gasteiger partial charge in [-0.2, -0.15) is 0 Å². The van der Waals surface area contributed by atoms with Crippen molar-refractivity contribution in [3.63, 3.8) is 0 Å². The third kappa shape index (κ3) is 3.35. The van der Waals surface area contributed by atoms with Gasteiger partial charge in [-0.3, -0.25) is 4.99 Å². The van der Waals surface area contributed by atoms with E-state index in [0.29, 0.717) is 29.5 Å². The van der Waals surface area contributed by atoms with Gasteiger partial charge in [0.2, 0.25) is 0 Å². The summed E-state index contributed by atoms with van der Waals surface area (Å²) in [6.45, 7) is 5.91. The van der Waals surface area contributed by atoms with E-state index < -0.39 is 0 Å². The molecule has 1 aromatic carbocycles. The number of hydrogen-bond acceptors (Lipinski definition) is 3. The van der Waals surface area contributed by atoms with Gasteiger partial charge in [-0.1, -0.05) is 36.8 Å². The molecule has 1 aliphatic carbocycles. The van der Waals surface area contributed by atoms with E-state index in [1.54, 1.807) is 12.1 Å². The molecule has 5 heteroatoms. The highest BCUT2D eigenvalue weighted by Crippen LogP contribution is 2.36. The molecule has 24 heavy (non-hydrogen) atoms. The minimum absolute atomic E-state index is 0.222. The van der Waals surface area contributed by atoms with Crippen molar-refractivity contribution in [3.05, 3.63) is 65.5 Å². The van der Waals surface area contributed by atoms with Crippen LogP contribution in [-0.4, -0.2) is 21.5 Å². The lowest BCUT2D eigenvalue weighted by Crippen LogP contribution is -2.17. The van der Waals surface area contributed by atoms with Crippen LogP contribution in [0, 0.1) is 5.82 Å². The molecule has 0 aliphatic heterocycles. The maximum Gasteiger partial charge on any atom is 0.200 e. The SMILES string of the molecule is C=N/C(=C\C=C/C)c1nc(C2CCC2)n(Cc2ccccc2F)n1. The second-order valence-corrected chi connectivity index (χ2v) is 5.91. The van der Waals surface area contributed by atoms with E-state index in [4.69, 9.17) is 0 Å². The number of benzene rings is 1. The number of allylic oxidation sites excluding steroid dienone is 3. The average molecular weight is 324 g/mol. The minimum atomic E-state index is -0.222. The van der Waals surface area contributed by atoms with E-state index in [1.165, 1.54) is 12.5 Å². The normalized spacial score (nSPS) is 15.7. The van der Waals surface area contributed by atoms with Crippen molar-refractivity contribution in [1.29, 1.82) is 0 Å². The minimum Gasteiger partial charge on any atom is -0.261 e. The molecule has 0 spiro atoms. The van der Waals surface area contributed by atoms with Crippen LogP contribution in [0.25, 0.3) is 5.70 Å². The molecule has 124 valence electrons. The highest BCUT2D eigenvalue weighted by atomic mass is 19.1. The summed E-state index contributed by atoms with van der Waals surface area (Å²) in [5.41, 5.74) is 1.24. The van der Waals surface area contributed by atoms with Crippen molar-refractivity contribution in [2.45, 2.75) is 38.6 Å². The first-order valence-electron chi connectivity index (χ1n) is 8.21. The van der Waals surface area contributed by atoms with Crippen LogP contribution in [0.3, 0.4) is 0 Å². The molecule has 2 aromatic rings. The number of nitrogens with zero attached hydrogens (tertiary/aromatic N) is 4. The zero-order chi connectivity index (χ0) is 16.9. The van der Waals surface area contributed by atoms with Crippen molar-refractivity contribution in [2.75, 3.05) is 0 Å². The smallest absolute Gasteiger partial charge is 0.200 e. The fraction of sp³-hybridized carbons (Fsp3) is 0.316. The van der Waals surface area contributed by atoms with Crippen molar-refractivity contribution in [2.24, 2.45) is 4.99 Å². The fourth-order valence-corrected chi connectivity index (χ4v) is 2.72. The summed E-state index contributed by atoms with van der Waals surface area (Å²) in [7, 11) is 0. The summed E-state index contributed by atoms with van der Waals surface area (Å²) in [6.07, 6.45) is 9.03. The van der Waals surface area contributed by atoms with E-state index in [1.807, 2.05) is 35.9 Å². The first kappa shape index (κ1) is 16.3. The van der Waals surface area contributed by atoms with Gasteiger partial charge in [0.25, 0.3) is 0 Å². The molecule has 1 aromatic heterocycles. The maximum absolute atomic E-state index is 14.0. The van der Waals surface area contributed by atoms with Gasteiger partial charge in [0, 0.05) is 11.5 Å². The van der Waals surface area contributed by atoms with E-state index in [-0.39, 0.29) is 5.82 Å². The van der Waals surface area contributed by atoms with Crippen molar-refractivity contribution < 1.29 is 4.39 Å². The summed E-state index contributed by atoms with van der Waals surface area (Å²) in [5, 5.41) is 4.58. The fourth-order valence-electron chi connectivity index (χ4n) is 2.72. The van der Waals surface area contributed by atoms with Crippen LogP contribution in [0.2, 0.25) is 0 Å². The Kier molecular flexibility index (Phi) is 4.99. The predicted octanol–water partition coefficient (Wildman–Crippen LogP) is 4.35. The summed E-state index contributed by atoms with van der Waals surface area (Å²) >= 11 is 0. The number of aromatic nitrogens is 3. The second-order valence-electron chi connectivity index (χ2n) is 5.91. The van der Waals surface area contributed by atoms with Gasteiger partial charge in [0.05, 0.1) is 6.54 Å². The third-order valence-electron chi connectivity index (χ3n) is 4.29. The molecule has 1 fully saturated rings. The predicted molar refractivity (Wildman–Crippen MR) is 94.5 cm³/mol. The highest BCUT2D eigenvalue weighted by molar-refractivity contribution is 5.64. The molecule has 4 nitrogen and oxygen atoms in total. The van der Waals surface area contributed by atoms with Gasteiger partial charge in [0.15, 0.2) is 5.82 Å². The van der Waals surface area contributed by atoms with E-state index in [9.17, 15) is 4.39 Å². The van der Waals surface area contributed by atoms with Gasteiger partial charge in [0.1, 0.15) is 17.3 Å². The van der Waals surface area contributed by atoms with E-state index >= 15 is 0 Å². The molecule has 0 atom stereocenters. The standard InChI is InChI=1S/C19H21FN4/c1-3-4-12-17(21-2)18-22-19(14-9-7-10-14)24(23-18)13-15-8-5-6-11-16(15)20/h3-6,8,11-12,14H,2,7,9-10,13H2,1H3/b4-3-,17-12-. The lowest BCUT2D eigenvalue weighted by atomic mass is 9.85. The zero-order valence-corrected chi connectivity index (χ0v) is 13.8. The summed E-state index contributed by atoms with van der Waals surface area (Å²) in [4.78, 5) is 8.70. The van der Waals surface area contributed by atoms with Crippen LogP contribution in [-0.2, 0) is 6.54 Å². The Labute approximate surface area is 141 Å². The molecule has 3 rings (SSSR count). The van der Waals surface area contributed by atoms with Gasteiger partial charge < -0.3 is 0 Å². The number of halogens is 1. The van der Waals surface area contributed by atoms with Crippen LogP contribution in [0.4, 0.5) is 4.39 Å². The maximum atomic E-state index is 14.0. The molecule has 0 N–H and O–H groups in total. The van der Waals surface area contributed by atoms with Crippen LogP contribution < -0.4 is 0 Å². The Morgan fingerprint density at radius 3 is 2.83 bits per heavy atom. The molecule has 1 aliphatic rings. The summed E-state index contributed by atoms with van der Waals surface area (Å²) < 4.78 is 15.8. The van der Waals surface area contributed by atoms with E-state index in [2.05, 4.69) is 21.8 Å². The monoisotopic (exact) mass is 324 g/mol. The van der Waals surface area contributed by atoms with Crippen molar-refractivity contribution in [1.82, 2.24) is 14.8 Å². The number of rotatable bonds is 6. The molecule has 0 amide bonds. The second kappa shape index (κ2) is 7.34. The lowest BCUT2D eigenvalue weighted by Gasteiger charge is -2.24. The van der Waals surface area contributed by atoms with Crippen LogP contribution in [0.15, 0.2) is 47.5 Å². The molecule has 0 saturated heterocycles. The largest absolute Gasteiger partial charge is 0.261 e. The van der Waals surface area contributed by atoms with Gasteiger partial charge in [-0.25, -0.2) is 14.1 Å². The Morgan fingerprint density at radius 1 is 1.42 bits per heavy atom. The highest BCUT2D eigenvalue weighted by Gasteiger charge is 2.26. The Bertz CT molecular complexity index is 784. The topological polar surface area (TPSA) is 43.1 Å². The summed E-state index contributed by atoms with van der Waals surface area (Å²) in [5.74, 6) is 1.63. The van der Waals surface area contributed by atoms with Crippen LogP contribution >= 0.6 is 0 Å². The van der Waals surface area contributed by atoms with E-state index in [0.717, 1.165) is 18.7 Å². The first-order chi connectivity index (χ1) is 11.7. The molecular formula is C19H21FN4. The quantitative estimate of drug-likeness (QED) is 0.585. The molecular weight excluding hydrogens is 303 g/mol. The third-order valence-corrected chi connectivity index (χ3v) is 4.29. The number of aliphatic imine (C=N–C) groups is 1. The number of hydrogen-bond donors (Lipinski definition) is 0. The summed E-state index contributed by atoms with van der Waals surface area (Å²) in [6, 6.07) is 6.78. The van der Waals surface area contributed by atoms with Crippen LogP contribution in [0.5, 0.6) is 0 Å². The van der Waals surface area contributed by atoms with Crippen LogP contribution in [0.1, 0.15) is 49.3 Å².